The summed E-state index contributed by atoms with van der Waals surface area (Å²) in [6.45, 7) is 0.836. The van der Waals surface area contributed by atoms with Crippen LogP contribution in [0.15, 0.2) is 18.2 Å². The van der Waals surface area contributed by atoms with Crippen molar-refractivity contribution in [2.75, 3.05) is 13.7 Å². The van der Waals surface area contributed by atoms with Gasteiger partial charge in [-0.1, -0.05) is 12.2 Å². The minimum absolute atomic E-state index is 0.790. The monoisotopic (exact) mass is 207 g/mol. The molecule has 0 saturated heterocycles. The number of hydrogen-bond acceptors (Lipinski definition) is 2. The number of fused-ring (bicyclic) bond motifs is 1. The van der Waals surface area contributed by atoms with Gasteiger partial charge in [0.1, 0.15) is 10.7 Å². The molecule has 0 atom stereocenters. The summed E-state index contributed by atoms with van der Waals surface area (Å²) in [5, 5.41) is 2.98. The summed E-state index contributed by atoms with van der Waals surface area (Å²) in [5.74, 6) is 1.01. The minimum Gasteiger partial charge on any atom is -0.493 e. The molecule has 2 rings (SSSR count). The van der Waals surface area contributed by atoms with Crippen LogP contribution in [0.4, 0.5) is 0 Å². The molecular formula is C11H13NOS. The second-order valence-corrected chi connectivity index (χ2v) is 3.76. The number of benzene rings is 1. The lowest BCUT2D eigenvalue weighted by Gasteiger charge is -2.17. The Morgan fingerprint density at radius 1 is 1.50 bits per heavy atom. The second-order valence-electron chi connectivity index (χ2n) is 3.35. The van der Waals surface area contributed by atoms with Gasteiger partial charge in [-0.2, -0.15) is 0 Å². The molecule has 1 aromatic rings. The highest BCUT2D eigenvalue weighted by molar-refractivity contribution is 7.80. The summed E-state index contributed by atoms with van der Waals surface area (Å²) in [6, 6.07) is 6.13. The number of nitrogens with one attached hydrogen (secondary N) is 1. The smallest absolute Gasteiger partial charge is 0.122 e. The first kappa shape index (κ1) is 9.46. The second kappa shape index (κ2) is 3.96. The number of ether oxygens (including phenoxy) is 1. The predicted octanol–water partition coefficient (Wildman–Crippen LogP) is 1.91. The van der Waals surface area contributed by atoms with Crippen molar-refractivity contribution in [2.24, 2.45) is 0 Å². The van der Waals surface area contributed by atoms with Gasteiger partial charge in [0.25, 0.3) is 0 Å². The maximum atomic E-state index is 5.53. The molecule has 0 aromatic heterocycles. The zero-order valence-electron chi connectivity index (χ0n) is 8.17. The summed E-state index contributed by atoms with van der Waals surface area (Å²) >= 11 is 5.17. The van der Waals surface area contributed by atoms with Crippen molar-refractivity contribution >= 4 is 17.2 Å². The lowest BCUT2D eigenvalue weighted by molar-refractivity contribution is 0.288. The Morgan fingerprint density at radius 3 is 3.14 bits per heavy atom. The molecule has 1 aliphatic heterocycles. The van der Waals surface area contributed by atoms with Crippen LogP contribution in [0.25, 0.3) is 0 Å². The maximum Gasteiger partial charge on any atom is 0.122 e. The van der Waals surface area contributed by atoms with E-state index in [1.54, 1.807) is 0 Å². The van der Waals surface area contributed by atoms with Crippen LogP contribution in [0.3, 0.4) is 0 Å². The topological polar surface area (TPSA) is 21.3 Å². The van der Waals surface area contributed by atoms with Crippen molar-refractivity contribution in [3.8, 4) is 5.75 Å². The molecule has 0 aliphatic carbocycles. The van der Waals surface area contributed by atoms with Gasteiger partial charge >= 0.3 is 0 Å². The number of rotatable bonds is 1. The molecule has 0 amide bonds. The van der Waals surface area contributed by atoms with Gasteiger partial charge in [-0.3, -0.25) is 0 Å². The number of thiocarbonyl (C=S) groups is 1. The highest BCUT2D eigenvalue weighted by atomic mass is 32.1. The molecule has 1 N–H and O–H groups in total. The van der Waals surface area contributed by atoms with Crippen molar-refractivity contribution in [1.82, 2.24) is 5.32 Å². The fraction of sp³-hybridized carbons (Fsp3) is 0.364. The predicted molar refractivity (Wildman–Crippen MR) is 61.0 cm³/mol. The summed E-state index contributed by atoms with van der Waals surface area (Å²) in [6.07, 6.45) is 2.19. The Labute approximate surface area is 89.3 Å². The van der Waals surface area contributed by atoms with E-state index in [4.69, 9.17) is 17.0 Å². The van der Waals surface area contributed by atoms with E-state index in [9.17, 15) is 0 Å². The Bertz CT molecular complexity index is 362. The summed E-state index contributed by atoms with van der Waals surface area (Å²) in [7, 11) is 1.85. The Hall–Kier alpha value is -1.09. The molecule has 0 fully saturated rings. The van der Waals surface area contributed by atoms with Crippen molar-refractivity contribution < 1.29 is 4.74 Å². The quantitative estimate of drug-likeness (QED) is 0.711. The molecule has 1 aliphatic rings. The molecule has 0 radical (unpaired) electrons. The average molecular weight is 207 g/mol. The third-order valence-electron chi connectivity index (χ3n) is 2.40. The van der Waals surface area contributed by atoms with Gasteiger partial charge in [-0.25, -0.2) is 0 Å². The van der Waals surface area contributed by atoms with Crippen LogP contribution >= 0.6 is 12.2 Å². The molecule has 74 valence electrons. The third-order valence-corrected chi connectivity index (χ3v) is 2.84. The fourth-order valence-corrected chi connectivity index (χ4v) is 1.77. The van der Waals surface area contributed by atoms with Gasteiger partial charge in [-0.15, -0.1) is 0 Å². The lowest BCUT2D eigenvalue weighted by atomic mass is 10.0. The molecule has 3 heteroatoms. The summed E-state index contributed by atoms with van der Waals surface area (Å²) in [4.78, 5) is 0.790. The van der Waals surface area contributed by atoms with Crippen molar-refractivity contribution in [1.29, 1.82) is 0 Å². The molecular weight excluding hydrogens is 194 g/mol. The first-order valence-electron chi connectivity index (χ1n) is 4.79. The van der Waals surface area contributed by atoms with Gasteiger partial charge in [0, 0.05) is 12.6 Å². The van der Waals surface area contributed by atoms with Crippen LogP contribution in [-0.4, -0.2) is 18.6 Å². The summed E-state index contributed by atoms with van der Waals surface area (Å²) < 4.78 is 5.53. The normalized spacial score (nSPS) is 14.1. The SMILES string of the molecule is CNC(=S)c1ccc2c(c1)CCCO2. The molecule has 0 unspecified atom stereocenters. The van der Waals surface area contributed by atoms with Crippen LogP contribution in [0.5, 0.6) is 5.75 Å². The summed E-state index contributed by atoms with van der Waals surface area (Å²) in [5.41, 5.74) is 2.35. The van der Waals surface area contributed by atoms with Crippen LogP contribution in [0, 0.1) is 0 Å². The van der Waals surface area contributed by atoms with Gasteiger partial charge in [0.05, 0.1) is 6.61 Å². The molecule has 0 bridgehead atoms. The van der Waals surface area contributed by atoms with Crippen LogP contribution < -0.4 is 10.1 Å². The van der Waals surface area contributed by atoms with Crippen LogP contribution in [0.1, 0.15) is 17.5 Å². The minimum atomic E-state index is 0.790. The standard InChI is InChI=1S/C11H13NOS/c1-12-11(14)9-4-5-10-8(7-9)3-2-6-13-10/h4-5,7H,2-3,6H2,1H3,(H,12,14). The van der Waals surface area contributed by atoms with Gasteiger partial charge in [-0.05, 0) is 36.6 Å². The largest absolute Gasteiger partial charge is 0.493 e. The van der Waals surface area contributed by atoms with Gasteiger partial charge < -0.3 is 10.1 Å². The highest BCUT2D eigenvalue weighted by Crippen LogP contribution is 2.25. The van der Waals surface area contributed by atoms with Crippen molar-refractivity contribution in [3.63, 3.8) is 0 Å². The first-order valence-corrected chi connectivity index (χ1v) is 5.20. The van der Waals surface area contributed by atoms with E-state index < -0.39 is 0 Å². The van der Waals surface area contributed by atoms with Crippen LogP contribution in [0.2, 0.25) is 0 Å². The van der Waals surface area contributed by atoms with E-state index in [-0.39, 0.29) is 0 Å². The Kier molecular flexibility index (Phi) is 2.68. The lowest BCUT2D eigenvalue weighted by Crippen LogP contribution is -2.17. The van der Waals surface area contributed by atoms with Crippen LogP contribution in [-0.2, 0) is 6.42 Å². The van der Waals surface area contributed by atoms with E-state index >= 15 is 0 Å². The van der Waals surface area contributed by atoms with E-state index in [0.29, 0.717) is 0 Å². The van der Waals surface area contributed by atoms with Gasteiger partial charge in [0.2, 0.25) is 0 Å². The zero-order chi connectivity index (χ0) is 9.97. The molecule has 2 nitrogen and oxygen atoms in total. The van der Waals surface area contributed by atoms with E-state index in [1.165, 1.54) is 5.56 Å². The van der Waals surface area contributed by atoms with E-state index in [2.05, 4.69) is 11.4 Å². The van der Waals surface area contributed by atoms with Crippen molar-refractivity contribution in [3.05, 3.63) is 29.3 Å². The van der Waals surface area contributed by atoms with E-state index in [1.807, 2.05) is 19.2 Å². The molecule has 1 aromatic carbocycles. The number of aryl methyl sites for hydroxylation is 1. The maximum absolute atomic E-state index is 5.53. The van der Waals surface area contributed by atoms with E-state index in [0.717, 1.165) is 35.7 Å². The first-order chi connectivity index (χ1) is 6.81. The molecule has 1 heterocycles. The molecule has 14 heavy (non-hydrogen) atoms. The zero-order valence-corrected chi connectivity index (χ0v) is 8.99. The Morgan fingerprint density at radius 2 is 2.36 bits per heavy atom. The molecule has 0 saturated carbocycles. The third kappa shape index (κ3) is 1.73. The van der Waals surface area contributed by atoms with Crippen molar-refractivity contribution in [2.45, 2.75) is 12.8 Å². The molecule has 0 spiro atoms. The average Bonchev–Trinajstić information content (AvgIpc) is 2.27. The van der Waals surface area contributed by atoms with Gasteiger partial charge in [0.15, 0.2) is 0 Å². The Balaban J connectivity index is 2.33. The fourth-order valence-electron chi connectivity index (χ4n) is 1.65. The highest BCUT2D eigenvalue weighted by Gasteiger charge is 2.11. The number of hydrogen-bond donors (Lipinski definition) is 1.